The number of nitrogens with one attached hydrogen (secondary N) is 1. The van der Waals surface area contributed by atoms with Gasteiger partial charge in [-0.3, -0.25) is 9.48 Å². The molecule has 0 spiro atoms. The number of aryl methyl sites for hydroxylation is 1. The summed E-state index contributed by atoms with van der Waals surface area (Å²) in [6.07, 6.45) is 4.41. The highest BCUT2D eigenvalue weighted by atomic mass is 32.2. The van der Waals surface area contributed by atoms with Crippen molar-refractivity contribution >= 4 is 29.2 Å². The van der Waals surface area contributed by atoms with Crippen LogP contribution in [0.2, 0.25) is 0 Å². The van der Waals surface area contributed by atoms with Gasteiger partial charge in [0.2, 0.25) is 5.91 Å². The Bertz CT molecular complexity index is 379. The predicted molar refractivity (Wildman–Crippen MR) is 70.9 cm³/mol. The predicted octanol–water partition coefficient (Wildman–Crippen LogP) is 1.47. The van der Waals surface area contributed by atoms with Gasteiger partial charge in [0, 0.05) is 13.5 Å². The zero-order valence-corrected chi connectivity index (χ0v) is 10.8. The average molecular weight is 254 g/mol. The normalized spacial score (nSPS) is 17.0. The molecule has 0 unspecified atom stereocenters. The lowest BCUT2D eigenvalue weighted by Gasteiger charge is -2.20. The smallest absolute Gasteiger partial charge is 0.225 e. The number of nitrogens with zero attached hydrogens (tertiary/aromatic N) is 2. The minimum atomic E-state index is 0.0391. The van der Waals surface area contributed by atoms with Gasteiger partial charge in [0.1, 0.15) is 0 Å². The SMILES string of the molecule is Cn1ncc(N)c1NC(=O)CC1CCSCC1. The van der Waals surface area contributed by atoms with Crippen molar-refractivity contribution in [3.05, 3.63) is 6.20 Å². The molecule has 2 heterocycles. The summed E-state index contributed by atoms with van der Waals surface area (Å²) in [6.45, 7) is 0. The maximum Gasteiger partial charge on any atom is 0.225 e. The molecule has 1 saturated heterocycles. The van der Waals surface area contributed by atoms with Crippen molar-refractivity contribution in [3.63, 3.8) is 0 Å². The number of nitrogens with two attached hydrogens (primary N) is 1. The van der Waals surface area contributed by atoms with Crippen LogP contribution in [0.25, 0.3) is 0 Å². The van der Waals surface area contributed by atoms with Crippen molar-refractivity contribution in [2.24, 2.45) is 13.0 Å². The number of amides is 1. The van der Waals surface area contributed by atoms with Gasteiger partial charge in [0.25, 0.3) is 0 Å². The second kappa shape index (κ2) is 5.44. The van der Waals surface area contributed by atoms with Gasteiger partial charge in [-0.15, -0.1) is 0 Å². The highest BCUT2D eigenvalue weighted by molar-refractivity contribution is 7.99. The molecule has 0 bridgehead atoms. The summed E-state index contributed by atoms with van der Waals surface area (Å²) in [7, 11) is 1.77. The molecule has 0 aliphatic carbocycles. The Labute approximate surface area is 105 Å². The molecule has 1 aromatic rings. The van der Waals surface area contributed by atoms with Crippen LogP contribution in [0.3, 0.4) is 0 Å². The number of hydrogen-bond acceptors (Lipinski definition) is 4. The molecule has 1 fully saturated rings. The van der Waals surface area contributed by atoms with Gasteiger partial charge in [-0.25, -0.2) is 0 Å². The lowest BCUT2D eigenvalue weighted by Crippen LogP contribution is -2.21. The zero-order valence-electron chi connectivity index (χ0n) is 9.98. The van der Waals surface area contributed by atoms with Crippen LogP contribution in [0.5, 0.6) is 0 Å². The fourth-order valence-corrected chi connectivity index (χ4v) is 3.21. The van der Waals surface area contributed by atoms with E-state index in [4.69, 9.17) is 5.73 Å². The average Bonchev–Trinajstić information content (AvgIpc) is 2.62. The standard InChI is InChI=1S/C11H18N4OS/c1-15-11(9(12)7-13-15)14-10(16)6-8-2-4-17-5-3-8/h7-8H,2-6,12H2,1H3,(H,14,16). The topological polar surface area (TPSA) is 72.9 Å². The number of carbonyl (C=O) groups excluding carboxylic acids is 1. The number of hydrogen-bond donors (Lipinski definition) is 2. The molecule has 0 saturated carbocycles. The Hall–Kier alpha value is -1.17. The number of rotatable bonds is 3. The molecule has 6 heteroatoms. The Morgan fingerprint density at radius 1 is 1.65 bits per heavy atom. The molecule has 1 aliphatic heterocycles. The van der Waals surface area contributed by atoms with Crippen molar-refractivity contribution < 1.29 is 4.79 Å². The van der Waals surface area contributed by atoms with E-state index in [0.717, 1.165) is 12.8 Å². The maximum atomic E-state index is 11.9. The number of carbonyl (C=O) groups is 1. The fraction of sp³-hybridized carbons (Fsp3) is 0.636. The molecule has 17 heavy (non-hydrogen) atoms. The molecule has 1 aromatic heterocycles. The summed E-state index contributed by atoms with van der Waals surface area (Å²) < 4.78 is 1.59. The summed E-state index contributed by atoms with van der Waals surface area (Å²) >= 11 is 1.97. The first-order valence-electron chi connectivity index (χ1n) is 5.82. The van der Waals surface area contributed by atoms with Crippen LogP contribution in [0, 0.1) is 5.92 Å². The molecule has 0 aromatic carbocycles. The van der Waals surface area contributed by atoms with Crippen LogP contribution in [-0.4, -0.2) is 27.2 Å². The van der Waals surface area contributed by atoms with Gasteiger partial charge in [-0.1, -0.05) is 0 Å². The Kier molecular flexibility index (Phi) is 3.93. The summed E-state index contributed by atoms with van der Waals surface area (Å²) in [6, 6.07) is 0. The van der Waals surface area contributed by atoms with E-state index in [-0.39, 0.29) is 5.91 Å². The van der Waals surface area contributed by atoms with Crippen LogP contribution >= 0.6 is 11.8 Å². The summed E-state index contributed by atoms with van der Waals surface area (Å²) in [5.74, 6) is 3.50. The molecule has 0 atom stereocenters. The quantitative estimate of drug-likeness (QED) is 0.857. The van der Waals surface area contributed by atoms with Crippen molar-refractivity contribution in [2.75, 3.05) is 22.6 Å². The van der Waals surface area contributed by atoms with E-state index in [1.165, 1.54) is 11.5 Å². The second-order valence-corrected chi connectivity index (χ2v) is 5.60. The van der Waals surface area contributed by atoms with Crippen molar-refractivity contribution in [1.29, 1.82) is 0 Å². The zero-order chi connectivity index (χ0) is 12.3. The van der Waals surface area contributed by atoms with Crippen LogP contribution in [0.4, 0.5) is 11.5 Å². The molecular weight excluding hydrogens is 236 g/mol. The van der Waals surface area contributed by atoms with Gasteiger partial charge < -0.3 is 11.1 Å². The molecule has 1 aliphatic rings. The van der Waals surface area contributed by atoms with Crippen molar-refractivity contribution in [3.8, 4) is 0 Å². The summed E-state index contributed by atoms with van der Waals surface area (Å²) in [5, 5.41) is 6.83. The van der Waals surface area contributed by atoms with E-state index in [2.05, 4.69) is 10.4 Å². The van der Waals surface area contributed by atoms with Gasteiger partial charge in [0.05, 0.1) is 11.9 Å². The molecule has 3 N–H and O–H groups in total. The minimum absolute atomic E-state index is 0.0391. The first-order chi connectivity index (χ1) is 8.16. The minimum Gasteiger partial charge on any atom is -0.394 e. The number of aromatic nitrogens is 2. The number of anilines is 2. The Morgan fingerprint density at radius 2 is 2.35 bits per heavy atom. The second-order valence-electron chi connectivity index (χ2n) is 4.38. The lowest BCUT2D eigenvalue weighted by atomic mass is 9.98. The Morgan fingerprint density at radius 3 is 2.94 bits per heavy atom. The van der Waals surface area contributed by atoms with Crippen LogP contribution in [-0.2, 0) is 11.8 Å². The van der Waals surface area contributed by atoms with E-state index in [9.17, 15) is 4.79 Å². The summed E-state index contributed by atoms with van der Waals surface area (Å²) in [4.78, 5) is 11.9. The van der Waals surface area contributed by atoms with Crippen LogP contribution in [0.1, 0.15) is 19.3 Å². The van der Waals surface area contributed by atoms with Crippen molar-refractivity contribution in [1.82, 2.24) is 9.78 Å². The Balaban J connectivity index is 1.88. The third kappa shape index (κ3) is 3.15. The molecule has 1 amide bonds. The number of thioether (sulfide) groups is 1. The van der Waals surface area contributed by atoms with E-state index < -0.39 is 0 Å². The number of nitrogen functional groups attached to an aromatic ring is 1. The van der Waals surface area contributed by atoms with E-state index in [1.807, 2.05) is 11.8 Å². The van der Waals surface area contributed by atoms with E-state index in [1.54, 1.807) is 17.9 Å². The molecular formula is C11H18N4OS. The van der Waals surface area contributed by atoms with Gasteiger partial charge in [-0.2, -0.15) is 16.9 Å². The highest BCUT2D eigenvalue weighted by Crippen LogP contribution is 2.26. The van der Waals surface area contributed by atoms with Gasteiger partial charge in [0.15, 0.2) is 5.82 Å². The maximum absolute atomic E-state index is 11.9. The van der Waals surface area contributed by atoms with Crippen LogP contribution < -0.4 is 11.1 Å². The monoisotopic (exact) mass is 254 g/mol. The first kappa shape index (κ1) is 12.3. The highest BCUT2D eigenvalue weighted by Gasteiger charge is 2.18. The summed E-state index contributed by atoms with van der Waals surface area (Å²) in [5.41, 5.74) is 6.24. The lowest BCUT2D eigenvalue weighted by molar-refractivity contribution is -0.117. The molecule has 94 valence electrons. The van der Waals surface area contributed by atoms with E-state index in [0.29, 0.717) is 23.8 Å². The largest absolute Gasteiger partial charge is 0.394 e. The van der Waals surface area contributed by atoms with Gasteiger partial charge >= 0.3 is 0 Å². The molecule has 2 rings (SSSR count). The third-order valence-corrected chi connectivity index (χ3v) is 4.09. The van der Waals surface area contributed by atoms with Crippen molar-refractivity contribution in [2.45, 2.75) is 19.3 Å². The first-order valence-corrected chi connectivity index (χ1v) is 6.97. The molecule has 5 nitrogen and oxygen atoms in total. The van der Waals surface area contributed by atoms with E-state index >= 15 is 0 Å². The van der Waals surface area contributed by atoms with Gasteiger partial charge in [-0.05, 0) is 30.3 Å². The van der Waals surface area contributed by atoms with Crippen LogP contribution in [0.15, 0.2) is 6.20 Å². The third-order valence-electron chi connectivity index (χ3n) is 3.04. The fourth-order valence-electron chi connectivity index (χ4n) is 2.00. The molecule has 0 radical (unpaired) electrons.